The van der Waals surface area contributed by atoms with Crippen molar-refractivity contribution in [1.82, 2.24) is 9.97 Å². The second kappa shape index (κ2) is 10.1. The summed E-state index contributed by atoms with van der Waals surface area (Å²) in [5.41, 5.74) is 0.959. The van der Waals surface area contributed by atoms with E-state index in [-0.39, 0.29) is 17.2 Å². The number of ether oxygens (including phenoxy) is 1. The number of amides is 1. The zero-order chi connectivity index (χ0) is 20.6. The van der Waals surface area contributed by atoms with Crippen LogP contribution in [0.15, 0.2) is 64.5 Å². The summed E-state index contributed by atoms with van der Waals surface area (Å²) in [7, 11) is 0. The van der Waals surface area contributed by atoms with Crippen LogP contribution in [0.2, 0.25) is 5.02 Å². The summed E-state index contributed by atoms with van der Waals surface area (Å²) >= 11 is 7.24. The number of anilines is 1. The molecule has 3 aromatic rings. The molecule has 0 saturated heterocycles. The molecule has 2 aromatic carbocycles. The molecule has 0 saturated carbocycles. The van der Waals surface area contributed by atoms with Crippen molar-refractivity contribution >= 4 is 35.0 Å². The molecule has 0 aliphatic carbocycles. The molecule has 1 aromatic heterocycles. The molecule has 0 aliphatic rings. The summed E-state index contributed by atoms with van der Waals surface area (Å²) in [6.07, 6.45) is 1.60. The third-order valence-corrected chi connectivity index (χ3v) is 4.91. The highest BCUT2D eigenvalue weighted by atomic mass is 35.5. The normalized spacial score (nSPS) is 10.6. The minimum atomic E-state index is -0.265. The van der Waals surface area contributed by atoms with E-state index in [1.54, 1.807) is 18.2 Å². The van der Waals surface area contributed by atoms with E-state index in [0.29, 0.717) is 39.5 Å². The number of nitrogens with one attached hydrogen (secondary N) is 2. The van der Waals surface area contributed by atoms with Crippen LogP contribution < -0.4 is 15.6 Å². The predicted octanol–water partition coefficient (Wildman–Crippen LogP) is 4.90. The first-order valence-electron chi connectivity index (χ1n) is 9.09. The van der Waals surface area contributed by atoms with E-state index >= 15 is 0 Å². The molecule has 8 heteroatoms. The van der Waals surface area contributed by atoms with Crippen molar-refractivity contribution in [3.63, 3.8) is 0 Å². The topological polar surface area (TPSA) is 84.1 Å². The van der Waals surface area contributed by atoms with Crippen molar-refractivity contribution in [3.05, 3.63) is 75.7 Å². The number of para-hydroxylation sites is 1. The van der Waals surface area contributed by atoms with Gasteiger partial charge in [-0.25, -0.2) is 4.98 Å². The second-order valence-electron chi connectivity index (χ2n) is 6.18. The van der Waals surface area contributed by atoms with Gasteiger partial charge in [0.1, 0.15) is 5.75 Å². The van der Waals surface area contributed by atoms with E-state index in [1.807, 2.05) is 37.3 Å². The molecule has 0 atom stereocenters. The Hall–Kier alpha value is -2.77. The van der Waals surface area contributed by atoms with Gasteiger partial charge in [-0.1, -0.05) is 54.9 Å². The SMILES string of the molecule is CCCc1cc(=O)[nH]c(SCC(=O)Nc2cc(Cl)ccc2Oc2ccccc2)n1. The number of hydrogen-bond acceptors (Lipinski definition) is 5. The van der Waals surface area contributed by atoms with Gasteiger partial charge in [-0.15, -0.1) is 0 Å². The summed E-state index contributed by atoms with van der Waals surface area (Å²) in [5.74, 6) is 0.943. The lowest BCUT2D eigenvalue weighted by Gasteiger charge is -2.12. The van der Waals surface area contributed by atoms with Crippen molar-refractivity contribution in [2.45, 2.75) is 24.9 Å². The number of aromatic nitrogens is 2. The summed E-state index contributed by atoms with van der Waals surface area (Å²) in [6.45, 7) is 2.02. The monoisotopic (exact) mass is 429 g/mol. The highest BCUT2D eigenvalue weighted by Crippen LogP contribution is 2.32. The number of benzene rings is 2. The van der Waals surface area contributed by atoms with Crippen molar-refractivity contribution in [2.24, 2.45) is 0 Å². The van der Waals surface area contributed by atoms with E-state index in [9.17, 15) is 9.59 Å². The number of hydrogen-bond donors (Lipinski definition) is 2. The Morgan fingerprint density at radius 1 is 1.21 bits per heavy atom. The number of aromatic amines is 1. The molecule has 29 heavy (non-hydrogen) atoms. The van der Waals surface area contributed by atoms with Crippen LogP contribution >= 0.6 is 23.4 Å². The van der Waals surface area contributed by atoms with Crippen LogP contribution in [0.5, 0.6) is 11.5 Å². The van der Waals surface area contributed by atoms with Gasteiger partial charge < -0.3 is 15.0 Å². The predicted molar refractivity (Wildman–Crippen MR) is 116 cm³/mol. The Kier molecular flexibility index (Phi) is 7.32. The van der Waals surface area contributed by atoms with E-state index in [1.165, 1.54) is 6.07 Å². The molecule has 0 aliphatic heterocycles. The first-order chi connectivity index (χ1) is 14.0. The Morgan fingerprint density at radius 2 is 2.00 bits per heavy atom. The van der Waals surface area contributed by atoms with Crippen molar-refractivity contribution < 1.29 is 9.53 Å². The Balaban J connectivity index is 1.67. The van der Waals surface area contributed by atoms with E-state index < -0.39 is 0 Å². The van der Waals surface area contributed by atoms with Gasteiger partial charge in [0.05, 0.1) is 11.4 Å². The zero-order valence-electron chi connectivity index (χ0n) is 15.8. The molecule has 0 spiro atoms. The number of carbonyl (C=O) groups is 1. The van der Waals surface area contributed by atoms with Crippen LogP contribution in [0.1, 0.15) is 19.0 Å². The van der Waals surface area contributed by atoms with Gasteiger partial charge >= 0.3 is 0 Å². The van der Waals surface area contributed by atoms with Crippen LogP contribution in [0.4, 0.5) is 5.69 Å². The Morgan fingerprint density at radius 3 is 2.76 bits per heavy atom. The van der Waals surface area contributed by atoms with Gasteiger partial charge in [0.2, 0.25) is 5.91 Å². The third-order valence-electron chi connectivity index (χ3n) is 3.81. The molecule has 0 fully saturated rings. The van der Waals surface area contributed by atoms with Crippen LogP contribution in [0.3, 0.4) is 0 Å². The van der Waals surface area contributed by atoms with Gasteiger partial charge in [-0.3, -0.25) is 9.59 Å². The van der Waals surface area contributed by atoms with Gasteiger partial charge in [0, 0.05) is 16.8 Å². The number of halogens is 1. The van der Waals surface area contributed by atoms with Crippen LogP contribution in [0, 0.1) is 0 Å². The fourth-order valence-corrected chi connectivity index (χ4v) is 3.43. The maximum Gasteiger partial charge on any atom is 0.251 e. The summed E-state index contributed by atoms with van der Waals surface area (Å²) in [6, 6.07) is 15.8. The lowest BCUT2D eigenvalue weighted by molar-refractivity contribution is -0.113. The van der Waals surface area contributed by atoms with Crippen molar-refractivity contribution in [3.8, 4) is 11.5 Å². The highest BCUT2D eigenvalue weighted by molar-refractivity contribution is 7.99. The maximum atomic E-state index is 12.4. The standard InChI is InChI=1S/C21H20ClN3O3S/c1-2-6-15-12-19(26)25-21(23-15)29-13-20(27)24-17-11-14(22)9-10-18(17)28-16-7-4-3-5-8-16/h3-5,7-12H,2,6,13H2,1H3,(H,24,27)(H,23,25,26). The summed E-state index contributed by atoms with van der Waals surface area (Å²) in [5, 5.41) is 3.71. The molecule has 3 rings (SSSR count). The minimum absolute atomic E-state index is 0.0792. The lowest BCUT2D eigenvalue weighted by Crippen LogP contribution is -2.16. The fraction of sp³-hybridized carbons (Fsp3) is 0.190. The molecule has 0 bridgehead atoms. The third kappa shape index (κ3) is 6.37. The molecular formula is C21H20ClN3O3S. The maximum absolute atomic E-state index is 12.4. The number of H-pyrrole nitrogens is 1. The molecule has 1 heterocycles. The van der Waals surface area contributed by atoms with Gasteiger partial charge in [0.15, 0.2) is 10.9 Å². The fourth-order valence-electron chi connectivity index (χ4n) is 2.56. The molecule has 6 nitrogen and oxygen atoms in total. The highest BCUT2D eigenvalue weighted by Gasteiger charge is 2.12. The van der Waals surface area contributed by atoms with Crippen molar-refractivity contribution in [2.75, 3.05) is 11.1 Å². The number of aryl methyl sites for hydroxylation is 1. The number of thioether (sulfide) groups is 1. The molecule has 2 N–H and O–H groups in total. The lowest BCUT2D eigenvalue weighted by atomic mass is 10.2. The van der Waals surface area contributed by atoms with Gasteiger partial charge in [-0.2, -0.15) is 0 Å². The Bertz CT molecular complexity index is 1040. The van der Waals surface area contributed by atoms with Gasteiger partial charge in [0.25, 0.3) is 5.56 Å². The van der Waals surface area contributed by atoms with Crippen molar-refractivity contribution in [1.29, 1.82) is 0 Å². The molecule has 150 valence electrons. The average molecular weight is 430 g/mol. The summed E-state index contributed by atoms with van der Waals surface area (Å²) < 4.78 is 5.85. The number of rotatable bonds is 8. The van der Waals surface area contributed by atoms with E-state index in [4.69, 9.17) is 16.3 Å². The van der Waals surface area contributed by atoms with Crippen LogP contribution in [-0.4, -0.2) is 21.6 Å². The largest absolute Gasteiger partial charge is 0.455 e. The van der Waals surface area contributed by atoms with Gasteiger partial charge in [-0.05, 0) is 36.8 Å². The molecule has 1 amide bonds. The number of carbonyl (C=O) groups excluding carboxylic acids is 1. The molecular weight excluding hydrogens is 410 g/mol. The van der Waals surface area contributed by atoms with Crippen LogP contribution in [0.25, 0.3) is 0 Å². The summed E-state index contributed by atoms with van der Waals surface area (Å²) in [4.78, 5) is 31.2. The average Bonchev–Trinajstić information content (AvgIpc) is 2.69. The second-order valence-corrected chi connectivity index (χ2v) is 7.58. The van der Waals surface area contributed by atoms with E-state index in [0.717, 1.165) is 18.2 Å². The first kappa shape index (κ1) is 21.0. The minimum Gasteiger partial charge on any atom is -0.455 e. The zero-order valence-corrected chi connectivity index (χ0v) is 17.3. The smallest absolute Gasteiger partial charge is 0.251 e. The quantitative estimate of drug-likeness (QED) is 0.393. The van der Waals surface area contributed by atoms with Crippen LogP contribution in [-0.2, 0) is 11.2 Å². The molecule has 0 unspecified atom stereocenters. The van der Waals surface area contributed by atoms with E-state index in [2.05, 4.69) is 15.3 Å². The molecule has 0 radical (unpaired) electrons. The number of nitrogens with zero attached hydrogens (tertiary/aromatic N) is 1. The Labute approximate surface area is 177 Å². The first-order valence-corrected chi connectivity index (χ1v) is 10.4.